The van der Waals surface area contributed by atoms with Crippen molar-refractivity contribution in [3.63, 3.8) is 0 Å². The van der Waals surface area contributed by atoms with Crippen LogP contribution in [0.4, 0.5) is 0 Å². The molecule has 2 unspecified atom stereocenters. The predicted octanol–water partition coefficient (Wildman–Crippen LogP) is 1.50. The molecule has 1 aliphatic heterocycles. The Bertz CT molecular complexity index is 663. The van der Waals surface area contributed by atoms with E-state index in [2.05, 4.69) is 15.6 Å². The third-order valence-corrected chi connectivity index (χ3v) is 6.33. The summed E-state index contributed by atoms with van der Waals surface area (Å²) in [4.78, 5) is 23.2. The number of nitrogens with zero attached hydrogens (tertiary/aromatic N) is 3. The number of carbonyl (C=O) groups excluding carboxylic acids is 1. The molecule has 1 aliphatic carbocycles. The zero-order chi connectivity index (χ0) is 20.5. The Labute approximate surface area is 174 Å². The summed E-state index contributed by atoms with van der Waals surface area (Å²) in [5.41, 5.74) is 0.813. The molecule has 2 atom stereocenters. The highest BCUT2D eigenvalue weighted by atomic mass is 32.2. The van der Waals surface area contributed by atoms with E-state index in [1.807, 2.05) is 6.20 Å². The van der Waals surface area contributed by atoms with E-state index in [9.17, 15) is 14.7 Å². The molecule has 2 fully saturated rings. The Balaban J connectivity index is 1.32. The van der Waals surface area contributed by atoms with Crippen molar-refractivity contribution in [1.82, 2.24) is 20.3 Å². The summed E-state index contributed by atoms with van der Waals surface area (Å²) < 4.78 is 12.7. The van der Waals surface area contributed by atoms with Gasteiger partial charge in [-0.25, -0.2) is 4.68 Å². The molecule has 2 aliphatic rings. The van der Waals surface area contributed by atoms with E-state index in [-0.39, 0.29) is 17.9 Å². The molecule has 9 nitrogen and oxygen atoms in total. The molecule has 0 spiro atoms. The van der Waals surface area contributed by atoms with Crippen molar-refractivity contribution in [2.24, 2.45) is 11.8 Å². The van der Waals surface area contributed by atoms with Crippen LogP contribution >= 0.6 is 11.8 Å². The van der Waals surface area contributed by atoms with Crippen molar-refractivity contribution in [1.29, 1.82) is 0 Å². The van der Waals surface area contributed by atoms with Gasteiger partial charge in [-0.3, -0.25) is 9.59 Å². The monoisotopic (exact) mass is 426 g/mol. The zero-order valence-corrected chi connectivity index (χ0v) is 17.4. The van der Waals surface area contributed by atoms with Crippen LogP contribution in [0.25, 0.3) is 0 Å². The molecule has 2 heterocycles. The second-order valence-corrected chi connectivity index (χ2v) is 8.68. The lowest BCUT2D eigenvalue weighted by Crippen LogP contribution is -2.29. The van der Waals surface area contributed by atoms with E-state index in [1.165, 1.54) is 11.8 Å². The molecular weight excluding hydrogens is 396 g/mol. The highest BCUT2D eigenvalue weighted by molar-refractivity contribution is 7.99. The van der Waals surface area contributed by atoms with Gasteiger partial charge >= 0.3 is 5.97 Å². The van der Waals surface area contributed by atoms with Crippen LogP contribution in [0, 0.1) is 11.8 Å². The van der Waals surface area contributed by atoms with Gasteiger partial charge in [-0.05, 0) is 25.7 Å². The second kappa shape index (κ2) is 11.5. The standard InChI is InChI=1S/C19H30N4O5S/c24-18(20-5-4-14-10-27-6-7-28-11-14)13-29-12-16-9-23(22-21-16)17-3-1-2-15(8-17)19(25)26/h9,14-15,17H,1-8,10-13H2,(H,20,24)(H,25,26). The first-order chi connectivity index (χ1) is 14.1. The first-order valence-electron chi connectivity index (χ1n) is 10.2. The van der Waals surface area contributed by atoms with Crippen LogP contribution < -0.4 is 5.32 Å². The molecule has 0 aromatic carbocycles. The summed E-state index contributed by atoms with van der Waals surface area (Å²) in [6.07, 6.45) is 5.89. The maximum absolute atomic E-state index is 12.0. The summed E-state index contributed by atoms with van der Waals surface area (Å²) in [5.74, 6) is 0.295. The fraction of sp³-hybridized carbons (Fsp3) is 0.789. The van der Waals surface area contributed by atoms with Crippen LogP contribution in [0.5, 0.6) is 0 Å². The number of aliphatic carboxylic acids is 1. The fourth-order valence-corrected chi connectivity index (χ4v) is 4.47. The number of amides is 1. The maximum atomic E-state index is 12.0. The highest BCUT2D eigenvalue weighted by Crippen LogP contribution is 2.32. The average Bonchev–Trinajstić information content (AvgIpc) is 3.04. The highest BCUT2D eigenvalue weighted by Gasteiger charge is 2.28. The van der Waals surface area contributed by atoms with Gasteiger partial charge in [0.05, 0.1) is 49.8 Å². The van der Waals surface area contributed by atoms with E-state index in [0.717, 1.165) is 31.4 Å². The van der Waals surface area contributed by atoms with E-state index in [1.54, 1.807) is 4.68 Å². The van der Waals surface area contributed by atoms with Gasteiger partial charge in [0.25, 0.3) is 0 Å². The molecule has 0 bridgehead atoms. The molecule has 162 valence electrons. The zero-order valence-electron chi connectivity index (χ0n) is 16.6. The summed E-state index contributed by atoms with van der Waals surface area (Å²) in [7, 11) is 0. The normalized spacial score (nSPS) is 23.4. The van der Waals surface area contributed by atoms with E-state index < -0.39 is 5.97 Å². The number of aromatic nitrogens is 3. The van der Waals surface area contributed by atoms with Gasteiger partial charge in [0, 0.05) is 24.4 Å². The number of carboxylic acid groups (broad SMARTS) is 1. The van der Waals surface area contributed by atoms with Crippen molar-refractivity contribution >= 4 is 23.6 Å². The first-order valence-corrected chi connectivity index (χ1v) is 11.4. The molecule has 1 saturated carbocycles. The SMILES string of the molecule is O=C(CSCc1cn(C2CCCC(C(=O)O)C2)nn1)NCCC1COCCOC1. The molecule has 1 saturated heterocycles. The molecular formula is C19H30N4O5S. The minimum atomic E-state index is -0.726. The third-order valence-electron chi connectivity index (χ3n) is 5.36. The molecule has 0 radical (unpaired) electrons. The minimum Gasteiger partial charge on any atom is -0.481 e. The summed E-state index contributed by atoms with van der Waals surface area (Å²) >= 11 is 1.50. The Morgan fingerprint density at radius 2 is 2.07 bits per heavy atom. The van der Waals surface area contributed by atoms with Crippen molar-refractivity contribution in [3.8, 4) is 0 Å². The molecule has 3 rings (SSSR count). The van der Waals surface area contributed by atoms with Gasteiger partial charge in [-0.2, -0.15) is 0 Å². The Morgan fingerprint density at radius 1 is 1.28 bits per heavy atom. The van der Waals surface area contributed by atoms with Crippen LogP contribution in [0.3, 0.4) is 0 Å². The lowest BCUT2D eigenvalue weighted by atomic mass is 9.86. The number of hydrogen-bond acceptors (Lipinski definition) is 7. The molecule has 2 N–H and O–H groups in total. The maximum Gasteiger partial charge on any atom is 0.306 e. The van der Waals surface area contributed by atoms with Gasteiger partial charge in [-0.1, -0.05) is 11.6 Å². The van der Waals surface area contributed by atoms with Crippen LogP contribution in [0.2, 0.25) is 0 Å². The van der Waals surface area contributed by atoms with Crippen molar-refractivity contribution < 1.29 is 24.2 Å². The molecule has 1 aromatic rings. The van der Waals surface area contributed by atoms with E-state index in [0.29, 0.717) is 56.8 Å². The quantitative estimate of drug-likeness (QED) is 0.610. The number of thioether (sulfide) groups is 1. The third kappa shape index (κ3) is 7.27. The molecule has 1 aromatic heterocycles. The Morgan fingerprint density at radius 3 is 2.83 bits per heavy atom. The number of rotatable bonds is 9. The number of nitrogens with one attached hydrogen (secondary N) is 1. The Hall–Kier alpha value is -1.65. The number of ether oxygens (including phenoxy) is 2. The number of carboxylic acids is 1. The van der Waals surface area contributed by atoms with Crippen LogP contribution in [0.1, 0.15) is 43.8 Å². The summed E-state index contributed by atoms with van der Waals surface area (Å²) in [6.45, 7) is 3.29. The summed E-state index contributed by atoms with van der Waals surface area (Å²) in [6, 6.07) is 0.0938. The average molecular weight is 427 g/mol. The van der Waals surface area contributed by atoms with E-state index in [4.69, 9.17) is 9.47 Å². The fourth-order valence-electron chi connectivity index (χ4n) is 3.73. The topological polar surface area (TPSA) is 116 Å². The molecule has 10 heteroatoms. The van der Waals surface area contributed by atoms with Crippen molar-refractivity contribution in [2.75, 3.05) is 38.7 Å². The van der Waals surface area contributed by atoms with E-state index >= 15 is 0 Å². The number of carbonyl (C=O) groups is 2. The molecule has 29 heavy (non-hydrogen) atoms. The predicted molar refractivity (Wildman–Crippen MR) is 108 cm³/mol. The smallest absolute Gasteiger partial charge is 0.306 e. The molecule has 1 amide bonds. The lowest BCUT2D eigenvalue weighted by Gasteiger charge is -2.26. The first kappa shape index (κ1) is 22.0. The van der Waals surface area contributed by atoms with Gasteiger partial charge in [-0.15, -0.1) is 16.9 Å². The summed E-state index contributed by atoms with van der Waals surface area (Å²) in [5, 5.41) is 20.5. The lowest BCUT2D eigenvalue weighted by molar-refractivity contribution is -0.143. The van der Waals surface area contributed by atoms with Crippen LogP contribution in [-0.2, 0) is 24.8 Å². The van der Waals surface area contributed by atoms with Crippen molar-refractivity contribution in [2.45, 2.75) is 43.9 Å². The number of hydrogen-bond donors (Lipinski definition) is 2. The van der Waals surface area contributed by atoms with Crippen LogP contribution in [0.15, 0.2) is 6.20 Å². The van der Waals surface area contributed by atoms with Gasteiger partial charge in [0.1, 0.15) is 0 Å². The largest absolute Gasteiger partial charge is 0.481 e. The Kier molecular flexibility index (Phi) is 8.75. The van der Waals surface area contributed by atoms with Gasteiger partial charge in [0.2, 0.25) is 5.91 Å². The second-order valence-electron chi connectivity index (χ2n) is 7.69. The van der Waals surface area contributed by atoms with Gasteiger partial charge < -0.3 is 19.9 Å². The van der Waals surface area contributed by atoms with Crippen molar-refractivity contribution in [3.05, 3.63) is 11.9 Å². The van der Waals surface area contributed by atoms with Gasteiger partial charge in [0.15, 0.2) is 0 Å². The minimum absolute atomic E-state index is 0.00873. The van der Waals surface area contributed by atoms with Crippen LogP contribution in [-0.4, -0.2) is 70.7 Å².